The van der Waals surface area contributed by atoms with Gasteiger partial charge in [0.1, 0.15) is 5.75 Å². The molecule has 0 amide bonds. The van der Waals surface area contributed by atoms with Crippen molar-refractivity contribution in [1.82, 2.24) is 0 Å². The average Bonchev–Trinajstić information content (AvgIpc) is 2.75. The highest BCUT2D eigenvalue weighted by molar-refractivity contribution is 7.22. The van der Waals surface area contributed by atoms with Gasteiger partial charge in [0.05, 0.1) is 10.4 Å². The molecule has 0 unspecified atom stereocenters. The fraction of sp³-hybridized carbons (Fsp3) is 0.0667. The molecule has 1 aromatic heterocycles. The number of halogens is 4. The predicted molar refractivity (Wildman–Crippen MR) is 78.9 cm³/mol. The Bertz CT molecular complexity index is 823. The van der Waals surface area contributed by atoms with Gasteiger partial charge in [-0.1, -0.05) is 23.7 Å². The summed E-state index contributed by atoms with van der Waals surface area (Å²) in [7, 11) is 0. The van der Waals surface area contributed by atoms with Crippen molar-refractivity contribution in [3.8, 4) is 16.2 Å². The van der Waals surface area contributed by atoms with Gasteiger partial charge >= 0.3 is 6.18 Å². The van der Waals surface area contributed by atoms with Crippen LogP contribution >= 0.6 is 22.9 Å². The zero-order valence-corrected chi connectivity index (χ0v) is 12.0. The van der Waals surface area contributed by atoms with E-state index in [1.54, 1.807) is 24.3 Å². The topological polar surface area (TPSA) is 20.2 Å². The van der Waals surface area contributed by atoms with Gasteiger partial charge < -0.3 is 5.11 Å². The van der Waals surface area contributed by atoms with E-state index in [-0.39, 0.29) is 11.1 Å². The molecular formula is C15H8ClF3OS. The second-order valence-corrected chi connectivity index (χ2v) is 5.99. The van der Waals surface area contributed by atoms with Gasteiger partial charge in [0.15, 0.2) is 0 Å². The number of benzene rings is 2. The van der Waals surface area contributed by atoms with E-state index in [1.807, 2.05) is 0 Å². The van der Waals surface area contributed by atoms with Gasteiger partial charge in [0.2, 0.25) is 0 Å². The summed E-state index contributed by atoms with van der Waals surface area (Å²) >= 11 is 7.13. The SMILES string of the molecule is Oc1c(-c2cccc(Cl)c2)sc2ccc(C(F)(F)F)cc12. The Labute approximate surface area is 127 Å². The molecule has 0 saturated heterocycles. The highest BCUT2D eigenvalue weighted by Crippen LogP contribution is 2.45. The van der Waals surface area contributed by atoms with Crippen LogP contribution in [0, 0.1) is 0 Å². The number of alkyl halides is 3. The molecule has 0 saturated carbocycles. The average molecular weight is 329 g/mol. The van der Waals surface area contributed by atoms with Gasteiger partial charge in [-0.15, -0.1) is 11.3 Å². The van der Waals surface area contributed by atoms with Crippen LogP contribution in [0.15, 0.2) is 42.5 Å². The number of hydrogen-bond donors (Lipinski definition) is 1. The second-order valence-electron chi connectivity index (χ2n) is 4.50. The summed E-state index contributed by atoms with van der Waals surface area (Å²) in [4.78, 5) is 0.506. The van der Waals surface area contributed by atoms with Crippen LogP contribution in [-0.4, -0.2) is 5.11 Å². The van der Waals surface area contributed by atoms with Crippen molar-refractivity contribution in [2.75, 3.05) is 0 Å². The highest BCUT2D eigenvalue weighted by atomic mass is 35.5. The smallest absolute Gasteiger partial charge is 0.416 e. The molecule has 1 N–H and O–H groups in total. The van der Waals surface area contributed by atoms with Crippen molar-refractivity contribution >= 4 is 33.0 Å². The van der Waals surface area contributed by atoms with Crippen molar-refractivity contribution < 1.29 is 18.3 Å². The maximum Gasteiger partial charge on any atom is 0.416 e. The molecule has 0 aliphatic carbocycles. The molecule has 3 rings (SSSR count). The molecule has 2 aromatic carbocycles. The Balaban J connectivity index is 2.21. The van der Waals surface area contributed by atoms with Crippen molar-refractivity contribution in [3.05, 3.63) is 53.1 Å². The van der Waals surface area contributed by atoms with Crippen LogP contribution in [0.25, 0.3) is 20.5 Å². The van der Waals surface area contributed by atoms with Crippen molar-refractivity contribution in [2.24, 2.45) is 0 Å². The number of fused-ring (bicyclic) bond motifs is 1. The third kappa shape index (κ3) is 2.59. The zero-order chi connectivity index (χ0) is 15.2. The molecule has 21 heavy (non-hydrogen) atoms. The first-order valence-corrected chi connectivity index (χ1v) is 7.14. The van der Waals surface area contributed by atoms with E-state index >= 15 is 0 Å². The molecule has 0 aliphatic heterocycles. The number of thiophene rings is 1. The van der Waals surface area contributed by atoms with Crippen LogP contribution < -0.4 is 0 Å². The lowest BCUT2D eigenvalue weighted by molar-refractivity contribution is -0.137. The maximum atomic E-state index is 12.7. The molecule has 3 aromatic rings. The van der Waals surface area contributed by atoms with Crippen LogP contribution in [0.4, 0.5) is 13.2 Å². The molecule has 0 radical (unpaired) electrons. The molecular weight excluding hydrogens is 321 g/mol. The number of rotatable bonds is 1. The predicted octanol–water partition coefficient (Wildman–Crippen LogP) is 5.95. The normalized spacial score (nSPS) is 12.0. The Morgan fingerprint density at radius 2 is 1.81 bits per heavy atom. The highest BCUT2D eigenvalue weighted by Gasteiger charge is 2.31. The van der Waals surface area contributed by atoms with E-state index in [0.29, 0.717) is 20.2 Å². The van der Waals surface area contributed by atoms with Gasteiger partial charge in [-0.3, -0.25) is 0 Å². The van der Waals surface area contributed by atoms with E-state index < -0.39 is 11.7 Å². The van der Waals surface area contributed by atoms with E-state index in [1.165, 1.54) is 17.4 Å². The summed E-state index contributed by atoms with van der Waals surface area (Å²) in [6.07, 6.45) is -4.43. The fourth-order valence-corrected chi connectivity index (χ4v) is 3.35. The van der Waals surface area contributed by atoms with E-state index in [4.69, 9.17) is 11.6 Å². The number of aromatic hydroxyl groups is 1. The molecule has 6 heteroatoms. The molecule has 0 aliphatic rings. The van der Waals surface area contributed by atoms with Crippen LogP contribution in [-0.2, 0) is 6.18 Å². The second kappa shape index (κ2) is 4.93. The third-order valence-electron chi connectivity index (χ3n) is 3.08. The largest absolute Gasteiger partial charge is 0.506 e. The molecule has 0 atom stereocenters. The minimum absolute atomic E-state index is 0.150. The van der Waals surface area contributed by atoms with Gasteiger partial charge in [0.25, 0.3) is 0 Å². The Kier molecular flexibility index (Phi) is 3.34. The Morgan fingerprint density at radius 3 is 2.48 bits per heavy atom. The van der Waals surface area contributed by atoms with Crippen LogP contribution in [0.3, 0.4) is 0 Å². The molecule has 0 spiro atoms. The van der Waals surface area contributed by atoms with Gasteiger partial charge in [-0.05, 0) is 35.9 Å². The zero-order valence-electron chi connectivity index (χ0n) is 10.4. The Morgan fingerprint density at radius 1 is 1.05 bits per heavy atom. The van der Waals surface area contributed by atoms with Crippen molar-refractivity contribution in [2.45, 2.75) is 6.18 Å². The minimum atomic E-state index is -4.43. The molecule has 1 nitrogen and oxygen atoms in total. The van der Waals surface area contributed by atoms with Crippen LogP contribution in [0.2, 0.25) is 5.02 Å². The summed E-state index contributed by atoms with van der Waals surface area (Å²) in [5, 5.41) is 10.9. The fourth-order valence-electron chi connectivity index (χ4n) is 2.09. The summed E-state index contributed by atoms with van der Waals surface area (Å²) < 4.78 is 38.8. The first-order chi connectivity index (χ1) is 9.86. The van der Waals surface area contributed by atoms with Crippen molar-refractivity contribution in [1.29, 1.82) is 0 Å². The van der Waals surface area contributed by atoms with Crippen LogP contribution in [0.1, 0.15) is 5.56 Å². The first-order valence-electron chi connectivity index (χ1n) is 5.95. The molecule has 0 bridgehead atoms. The third-order valence-corrected chi connectivity index (χ3v) is 4.52. The Hall–Kier alpha value is -1.72. The maximum absolute atomic E-state index is 12.7. The molecule has 1 heterocycles. The standard InChI is InChI=1S/C15H8ClF3OS/c16-10-3-1-2-8(6-10)14-13(20)11-7-9(15(17,18)19)4-5-12(11)21-14/h1-7,20H. The summed E-state index contributed by atoms with van der Waals surface area (Å²) in [5.41, 5.74) is -0.101. The van der Waals surface area contributed by atoms with Gasteiger partial charge in [0, 0.05) is 15.1 Å². The van der Waals surface area contributed by atoms with Crippen LogP contribution in [0.5, 0.6) is 5.75 Å². The molecule has 0 fully saturated rings. The monoisotopic (exact) mass is 328 g/mol. The van der Waals surface area contributed by atoms with Gasteiger partial charge in [-0.2, -0.15) is 13.2 Å². The van der Waals surface area contributed by atoms with E-state index in [0.717, 1.165) is 12.1 Å². The lowest BCUT2D eigenvalue weighted by Gasteiger charge is -2.05. The van der Waals surface area contributed by atoms with E-state index in [9.17, 15) is 18.3 Å². The quantitative estimate of drug-likeness (QED) is 0.585. The van der Waals surface area contributed by atoms with Gasteiger partial charge in [-0.25, -0.2) is 0 Å². The first kappa shape index (κ1) is 14.2. The minimum Gasteiger partial charge on any atom is -0.506 e. The van der Waals surface area contributed by atoms with Crippen molar-refractivity contribution in [3.63, 3.8) is 0 Å². The summed E-state index contributed by atoms with van der Waals surface area (Å²) in [6, 6.07) is 10.2. The summed E-state index contributed by atoms with van der Waals surface area (Å²) in [5.74, 6) is -0.150. The summed E-state index contributed by atoms with van der Waals surface area (Å²) in [6.45, 7) is 0. The number of hydrogen-bond acceptors (Lipinski definition) is 2. The lowest BCUT2D eigenvalue weighted by Crippen LogP contribution is -2.03. The lowest BCUT2D eigenvalue weighted by atomic mass is 10.1. The van der Waals surface area contributed by atoms with E-state index in [2.05, 4.69) is 0 Å². The molecule has 108 valence electrons.